The van der Waals surface area contributed by atoms with E-state index in [9.17, 15) is 4.79 Å². The Hall–Kier alpha value is -2.67. The summed E-state index contributed by atoms with van der Waals surface area (Å²) in [6.07, 6.45) is 7.68. The maximum atomic E-state index is 12.7. The molecule has 0 radical (unpaired) electrons. The molecule has 0 atom stereocenters. The second-order valence-corrected chi connectivity index (χ2v) is 8.50. The molecule has 1 aromatic heterocycles. The van der Waals surface area contributed by atoms with Gasteiger partial charge in [-0.2, -0.15) is 0 Å². The van der Waals surface area contributed by atoms with Crippen LogP contribution >= 0.6 is 0 Å². The lowest BCUT2D eigenvalue weighted by atomic mass is 9.90. The van der Waals surface area contributed by atoms with Crippen molar-refractivity contribution in [2.45, 2.75) is 25.7 Å². The van der Waals surface area contributed by atoms with Gasteiger partial charge >= 0.3 is 0 Å². The summed E-state index contributed by atoms with van der Waals surface area (Å²) in [5, 5.41) is 0. The number of carbonyl (C=O) groups is 1. The van der Waals surface area contributed by atoms with Crippen LogP contribution in [0.4, 0.5) is 5.95 Å². The van der Waals surface area contributed by atoms with E-state index in [4.69, 9.17) is 4.74 Å². The van der Waals surface area contributed by atoms with E-state index in [1.807, 2.05) is 23.1 Å². The minimum absolute atomic E-state index is 0.272. The zero-order valence-corrected chi connectivity index (χ0v) is 18.4. The lowest BCUT2D eigenvalue weighted by Crippen LogP contribution is -2.50. The fourth-order valence-corrected chi connectivity index (χ4v) is 4.53. The smallest absolute Gasteiger partial charge is 0.225 e. The number of anilines is 1. The Bertz CT molecular complexity index is 814. The predicted octanol–water partition coefficient (Wildman–Crippen LogP) is 2.48. The number of rotatable bonds is 7. The highest BCUT2D eigenvalue weighted by molar-refractivity contribution is 5.76. The van der Waals surface area contributed by atoms with Crippen molar-refractivity contribution in [2.24, 2.45) is 5.92 Å². The number of piperidine rings is 1. The minimum atomic E-state index is 0.272. The number of methoxy groups -OCH3 is 1. The van der Waals surface area contributed by atoms with E-state index < -0.39 is 0 Å². The van der Waals surface area contributed by atoms with Gasteiger partial charge in [0.15, 0.2) is 0 Å². The summed E-state index contributed by atoms with van der Waals surface area (Å²) in [7, 11) is 1.70. The number of benzene rings is 1. The molecule has 4 rings (SSSR count). The summed E-state index contributed by atoms with van der Waals surface area (Å²) in [5.41, 5.74) is 1.38. The molecule has 7 heteroatoms. The third-order valence-corrected chi connectivity index (χ3v) is 6.50. The number of hydrogen-bond acceptors (Lipinski definition) is 6. The number of aromatic nitrogens is 2. The fraction of sp³-hybridized carbons (Fsp3) is 0.542. The van der Waals surface area contributed by atoms with E-state index in [-0.39, 0.29) is 5.91 Å². The first-order chi connectivity index (χ1) is 15.2. The zero-order valence-electron chi connectivity index (χ0n) is 18.4. The Morgan fingerprint density at radius 1 is 1.00 bits per heavy atom. The van der Waals surface area contributed by atoms with Crippen molar-refractivity contribution in [1.29, 1.82) is 0 Å². The lowest BCUT2D eigenvalue weighted by Gasteiger charge is -2.36. The minimum Gasteiger partial charge on any atom is -0.497 e. The summed E-state index contributed by atoms with van der Waals surface area (Å²) in [6, 6.07) is 10.3. The number of likely N-dealkylation sites (tertiary alicyclic amines) is 1. The van der Waals surface area contributed by atoms with E-state index in [1.165, 1.54) is 18.4 Å². The second-order valence-electron chi connectivity index (χ2n) is 8.50. The Kier molecular flexibility index (Phi) is 7.35. The molecule has 2 saturated heterocycles. The molecular weight excluding hydrogens is 390 g/mol. The van der Waals surface area contributed by atoms with Gasteiger partial charge in [0.25, 0.3) is 0 Å². The van der Waals surface area contributed by atoms with Gasteiger partial charge in [0.1, 0.15) is 5.75 Å². The van der Waals surface area contributed by atoms with Crippen molar-refractivity contribution in [3.8, 4) is 5.75 Å². The number of hydrogen-bond donors (Lipinski definition) is 0. The van der Waals surface area contributed by atoms with Gasteiger partial charge in [-0.1, -0.05) is 12.1 Å². The quantitative estimate of drug-likeness (QED) is 0.682. The van der Waals surface area contributed by atoms with Crippen LogP contribution in [0.15, 0.2) is 42.7 Å². The molecule has 3 heterocycles. The Balaban J connectivity index is 1.14. The molecule has 0 N–H and O–H groups in total. The van der Waals surface area contributed by atoms with Crippen LogP contribution < -0.4 is 9.64 Å². The van der Waals surface area contributed by atoms with E-state index in [0.29, 0.717) is 6.42 Å². The van der Waals surface area contributed by atoms with Gasteiger partial charge in [-0.15, -0.1) is 0 Å². The highest BCUT2D eigenvalue weighted by atomic mass is 16.5. The van der Waals surface area contributed by atoms with Crippen molar-refractivity contribution < 1.29 is 9.53 Å². The first kappa shape index (κ1) is 21.6. The van der Waals surface area contributed by atoms with Gasteiger partial charge in [-0.3, -0.25) is 4.79 Å². The summed E-state index contributed by atoms with van der Waals surface area (Å²) in [4.78, 5) is 27.9. The van der Waals surface area contributed by atoms with Gasteiger partial charge in [0, 0.05) is 51.5 Å². The third kappa shape index (κ3) is 5.94. The molecule has 0 spiro atoms. The van der Waals surface area contributed by atoms with E-state index in [1.54, 1.807) is 19.5 Å². The normalized spacial score (nSPS) is 18.2. The van der Waals surface area contributed by atoms with Crippen molar-refractivity contribution in [1.82, 2.24) is 19.8 Å². The summed E-state index contributed by atoms with van der Waals surface area (Å²) < 4.78 is 5.24. The zero-order chi connectivity index (χ0) is 21.5. The van der Waals surface area contributed by atoms with Gasteiger partial charge in [0.05, 0.1) is 7.11 Å². The molecule has 2 aliphatic heterocycles. The average Bonchev–Trinajstić information content (AvgIpc) is 2.84. The number of carbonyl (C=O) groups excluding carboxylic acids is 1. The molecule has 7 nitrogen and oxygen atoms in total. The second kappa shape index (κ2) is 10.6. The summed E-state index contributed by atoms with van der Waals surface area (Å²) in [6.45, 7) is 6.15. The standard InChI is InChI=1S/C24H33N5O2/c1-31-22-5-3-20(4-6-22)19-21-7-12-27(13-8-21)14-9-23(30)28-15-17-29(18-16-28)24-25-10-2-11-26-24/h2-6,10-11,21H,7-9,12-19H2,1H3. The van der Waals surface area contributed by atoms with Crippen LogP contribution in [-0.2, 0) is 11.2 Å². The molecule has 2 fully saturated rings. The van der Waals surface area contributed by atoms with Crippen LogP contribution in [0.1, 0.15) is 24.8 Å². The summed E-state index contributed by atoms with van der Waals surface area (Å²) >= 11 is 0. The van der Waals surface area contributed by atoms with Crippen LogP contribution in [0.2, 0.25) is 0 Å². The Labute approximate surface area is 185 Å². The number of nitrogens with zero attached hydrogens (tertiary/aromatic N) is 5. The average molecular weight is 424 g/mol. The largest absolute Gasteiger partial charge is 0.497 e. The topological polar surface area (TPSA) is 61.8 Å². The predicted molar refractivity (Wildman–Crippen MR) is 121 cm³/mol. The van der Waals surface area contributed by atoms with Gasteiger partial charge in [0.2, 0.25) is 11.9 Å². The van der Waals surface area contributed by atoms with Crippen LogP contribution in [0.3, 0.4) is 0 Å². The summed E-state index contributed by atoms with van der Waals surface area (Å²) in [5.74, 6) is 2.67. The molecule has 31 heavy (non-hydrogen) atoms. The van der Waals surface area contributed by atoms with E-state index >= 15 is 0 Å². The fourth-order valence-electron chi connectivity index (χ4n) is 4.53. The lowest BCUT2D eigenvalue weighted by molar-refractivity contribution is -0.131. The van der Waals surface area contributed by atoms with E-state index in [2.05, 4.69) is 31.9 Å². The number of piperazine rings is 1. The third-order valence-electron chi connectivity index (χ3n) is 6.50. The van der Waals surface area contributed by atoms with Crippen molar-refractivity contribution in [2.75, 3.05) is 57.8 Å². The van der Waals surface area contributed by atoms with E-state index in [0.717, 1.165) is 69.8 Å². The first-order valence-corrected chi connectivity index (χ1v) is 11.4. The highest BCUT2D eigenvalue weighted by Crippen LogP contribution is 2.23. The molecular formula is C24H33N5O2. The molecule has 2 aliphatic rings. The van der Waals surface area contributed by atoms with Crippen LogP contribution in [0.25, 0.3) is 0 Å². The van der Waals surface area contributed by atoms with Gasteiger partial charge in [-0.05, 0) is 62.0 Å². The molecule has 1 aromatic carbocycles. The SMILES string of the molecule is COc1ccc(CC2CCN(CCC(=O)N3CCN(c4ncccn4)CC3)CC2)cc1. The maximum Gasteiger partial charge on any atom is 0.225 e. The molecule has 166 valence electrons. The molecule has 0 unspecified atom stereocenters. The molecule has 2 aromatic rings. The number of amides is 1. The highest BCUT2D eigenvalue weighted by Gasteiger charge is 2.24. The van der Waals surface area contributed by atoms with Crippen molar-refractivity contribution >= 4 is 11.9 Å². The van der Waals surface area contributed by atoms with Crippen LogP contribution in [0, 0.1) is 5.92 Å². The van der Waals surface area contributed by atoms with Crippen molar-refractivity contribution in [3.05, 3.63) is 48.3 Å². The van der Waals surface area contributed by atoms with Gasteiger partial charge < -0.3 is 19.4 Å². The van der Waals surface area contributed by atoms with Crippen molar-refractivity contribution in [3.63, 3.8) is 0 Å². The number of ether oxygens (including phenoxy) is 1. The first-order valence-electron chi connectivity index (χ1n) is 11.4. The van der Waals surface area contributed by atoms with Crippen LogP contribution in [-0.4, -0.2) is 78.6 Å². The molecule has 0 bridgehead atoms. The monoisotopic (exact) mass is 423 g/mol. The van der Waals surface area contributed by atoms with Gasteiger partial charge in [-0.25, -0.2) is 9.97 Å². The molecule has 1 amide bonds. The maximum absolute atomic E-state index is 12.7. The molecule has 0 aliphatic carbocycles. The van der Waals surface area contributed by atoms with Crippen LogP contribution in [0.5, 0.6) is 5.75 Å². The Morgan fingerprint density at radius 3 is 2.32 bits per heavy atom. The molecule has 0 saturated carbocycles. The Morgan fingerprint density at radius 2 is 1.68 bits per heavy atom.